The van der Waals surface area contributed by atoms with Crippen molar-refractivity contribution in [2.75, 3.05) is 7.11 Å². The molecule has 0 radical (unpaired) electrons. The highest BCUT2D eigenvalue weighted by molar-refractivity contribution is 5.69. The molecule has 4 nitrogen and oxygen atoms in total. The van der Waals surface area contributed by atoms with E-state index in [4.69, 9.17) is 9.84 Å². The van der Waals surface area contributed by atoms with Crippen LogP contribution in [-0.4, -0.2) is 23.2 Å². The lowest BCUT2D eigenvalue weighted by Crippen LogP contribution is -2.03. The molecule has 0 saturated carbocycles. The number of carbonyl (C=O) groups is 1. The van der Waals surface area contributed by atoms with Crippen LogP contribution in [0.4, 0.5) is 0 Å². The highest BCUT2D eigenvalue weighted by atomic mass is 16.5. The molecule has 0 unspecified atom stereocenters. The Balaban J connectivity index is 2.94. The Morgan fingerprint density at radius 3 is 2.85 bits per heavy atom. The first-order valence-electron chi connectivity index (χ1n) is 3.85. The van der Waals surface area contributed by atoms with Crippen LogP contribution in [0.5, 0.6) is 5.75 Å². The van der Waals surface area contributed by atoms with E-state index in [1.165, 1.54) is 0 Å². The van der Waals surface area contributed by atoms with E-state index in [1.807, 2.05) is 0 Å². The van der Waals surface area contributed by atoms with Crippen molar-refractivity contribution in [2.24, 2.45) is 0 Å². The van der Waals surface area contributed by atoms with Crippen molar-refractivity contribution in [3.05, 3.63) is 23.5 Å². The van der Waals surface area contributed by atoms with Gasteiger partial charge in [-0.15, -0.1) is 0 Å². The first-order valence-corrected chi connectivity index (χ1v) is 3.85. The Bertz CT molecular complexity index is 323. The summed E-state index contributed by atoms with van der Waals surface area (Å²) in [6, 6.07) is 3.38. The molecule has 1 N–H and O–H groups in total. The predicted molar refractivity (Wildman–Crippen MR) is 46.9 cm³/mol. The average molecular weight is 181 g/mol. The zero-order valence-corrected chi connectivity index (χ0v) is 7.57. The molecule has 0 aliphatic heterocycles. The van der Waals surface area contributed by atoms with E-state index >= 15 is 0 Å². The molecule has 0 amide bonds. The van der Waals surface area contributed by atoms with E-state index in [0.29, 0.717) is 11.4 Å². The maximum Gasteiger partial charge on any atom is 0.309 e. The molecule has 0 bridgehead atoms. The number of pyridine rings is 1. The van der Waals surface area contributed by atoms with Crippen LogP contribution in [0.15, 0.2) is 12.1 Å². The number of aliphatic carboxylic acids is 1. The summed E-state index contributed by atoms with van der Waals surface area (Å²) in [4.78, 5) is 14.5. The van der Waals surface area contributed by atoms with Crippen molar-refractivity contribution in [1.29, 1.82) is 0 Å². The molecule has 0 spiro atoms. The number of carboxylic acids is 1. The van der Waals surface area contributed by atoms with Crippen molar-refractivity contribution in [1.82, 2.24) is 4.98 Å². The van der Waals surface area contributed by atoms with Gasteiger partial charge in [-0.3, -0.25) is 9.78 Å². The van der Waals surface area contributed by atoms with Gasteiger partial charge in [-0.25, -0.2) is 0 Å². The molecule has 0 aliphatic rings. The number of hydrogen-bond donors (Lipinski definition) is 1. The predicted octanol–water partition coefficient (Wildman–Crippen LogP) is 1.03. The maximum absolute atomic E-state index is 10.4. The first-order chi connectivity index (χ1) is 6.11. The molecule has 0 fully saturated rings. The Kier molecular flexibility index (Phi) is 2.84. The van der Waals surface area contributed by atoms with Crippen molar-refractivity contribution in [3.8, 4) is 5.75 Å². The van der Waals surface area contributed by atoms with Crippen LogP contribution in [0, 0.1) is 6.92 Å². The zero-order valence-electron chi connectivity index (χ0n) is 7.57. The van der Waals surface area contributed by atoms with E-state index < -0.39 is 5.97 Å². The number of ether oxygens (including phenoxy) is 1. The fraction of sp³-hybridized carbons (Fsp3) is 0.333. The average Bonchev–Trinajstić information content (AvgIpc) is 2.01. The van der Waals surface area contributed by atoms with Gasteiger partial charge in [0.05, 0.1) is 19.2 Å². The van der Waals surface area contributed by atoms with Crippen molar-refractivity contribution < 1.29 is 14.6 Å². The fourth-order valence-electron chi connectivity index (χ4n) is 1.07. The molecule has 1 aromatic rings. The second-order valence-electron chi connectivity index (χ2n) is 2.71. The van der Waals surface area contributed by atoms with Crippen molar-refractivity contribution in [3.63, 3.8) is 0 Å². The molecule has 1 rings (SSSR count). The number of carboxylic acid groups (broad SMARTS) is 1. The van der Waals surface area contributed by atoms with Gasteiger partial charge in [0.2, 0.25) is 0 Å². The molecular formula is C9H11NO3. The molecule has 1 aromatic heterocycles. The highest BCUT2D eigenvalue weighted by Gasteiger charge is 2.04. The lowest BCUT2D eigenvalue weighted by Gasteiger charge is -2.03. The number of aromatic nitrogens is 1. The standard InChI is InChI=1S/C9H11NO3/c1-6-3-8(13-2)4-7(10-6)5-9(11)12/h3-4H,5H2,1-2H3,(H,11,12). The highest BCUT2D eigenvalue weighted by Crippen LogP contribution is 2.13. The van der Waals surface area contributed by atoms with Crippen LogP contribution >= 0.6 is 0 Å². The van der Waals surface area contributed by atoms with Gasteiger partial charge in [-0.2, -0.15) is 0 Å². The Hall–Kier alpha value is -1.58. The lowest BCUT2D eigenvalue weighted by molar-refractivity contribution is -0.136. The minimum atomic E-state index is -0.889. The van der Waals surface area contributed by atoms with E-state index in [9.17, 15) is 4.79 Å². The normalized spacial score (nSPS) is 9.69. The number of aryl methyl sites for hydroxylation is 1. The molecule has 4 heteroatoms. The van der Waals surface area contributed by atoms with Crippen molar-refractivity contribution >= 4 is 5.97 Å². The Morgan fingerprint density at radius 1 is 1.62 bits per heavy atom. The summed E-state index contributed by atoms with van der Waals surface area (Å²) in [6.45, 7) is 1.80. The van der Waals surface area contributed by atoms with Crippen LogP contribution in [0.2, 0.25) is 0 Å². The van der Waals surface area contributed by atoms with E-state index in [-0.39, 0.29) is 6.42 Å². The van der Waals surface area contributed by atoms with E-state index in [0.717, 1.165) is 5.69 Å². The molecule has 70 valence electrons. The third-order valence-electron chi connectivity index (χ3n) is 1.55. The van der Waals surface area contributed by atoms with Gasteiger partial charge in [0.15, 0.2) is 0 Å². The molecule has 0 aliphatic carbocycles. The molecular weight excluding hydrogens is 170 g/mol. The zero-order chi connectivity index (χ0) is 9.84. The fourth-order valence-corrected chi connectivity index (χ4v) is 1.07. The van der Waals surface area contributed by atoms with Crippen LogP contribution < -0.4 is 4.74 Å². The second-order valence-corrected chi connectivity index (χ2v) is 2.71. The largest absolute Gasteiger partial charge is 0.497 e. The summed E-state index contributed by atoms with van der Waals surface area (Å²) >= 11 is 0. The van der Waals surface area contributed by atoms with Crippen LogP contribution in [0.25, 0.3) is 0 Å². The number of nitrogens with zero attached hydrogens (tertiary/aromatic N) is 1. The number of methoxy groups -OCH3 is 1. The number of hydrogen-bond acceptors (Lipinski definition) is 3. The molecule has 0 saturated heterocycles. The Labute approximate surface area is 76.2 Å². The monoisotopic (exact) mass is 181 g/mol. The second kappa shape index (κ2) is 3.89. The van der Waals surface area contributed by atoms with Crippen LogP contribution in [0.1, 0.15) is 11.4 Å². The molecule has 0 atom stereocenters. The smallest absolute Gasteiger partial charge is 0.309 e. The minimum absolute atomic E-state index is 0.0714. The third kappa shape index (κ3) is 2.74. The van der Waals surface area contributed by atoms with Crippen molar-refractivity contribution in [2.45, 2.75) is 13.3 Å². The van der Waals surface area contributed by atoms with Crippen LogP contribution in [-0.2, 0) is 11.2 Å². The van der Waals surface area contributed by atoms with Crippen LogP contribution in [0.3, 0.4) is 0 Å². The van der Waals surface area contributed by atoms with E-state index in [2.05, 4.69) is 4.98 Å². The topological polar surface area (TPSA) is 59.4 Å². The van der Waals surface area contributed by atoms with Gasteiger partial charge in [-0.05, 0) is 6.92 Å². The summed E-state index contributed by atoms with van der Waals surface area (Å²) in [5, 5.41) is 8.54. The molecule has 0 aromatic carbocycles. The summed E-state index contributed by atoms with van der Waals surface area (Å²) in [7, 11) is 1.54. The quantitative estimate of drug-likeness (QED) is 0.756. The summed E-state index contributed by atoms with van der Waals surface area (Å²) in [5.74, 6) is -0.246. The summed E-state index contributed by atoms with van der Waals surface area (Å²) in [6.07, 6.45) is -0.0714. The lowest BCUT2D eigenvalue weighted by atomic mass is 10.2. The van der Waals surface area contributed by atoms with Gasteiger partial charge < -0.3 is 9.84 Å². The third-order valence-corrected chi connectivity index (χ3v) is 1.55. The Morgan fingerprint density at radius 2 is 2.31 bits per heavy atom. The van der Waals surface area contributed by atoms with Gasteiger partial charge in [0, 0.05) is 17.8 Å². The van der Waals surface area contributed by atoms with Gasteiger partial charge in [0.1, 0.15) is 5.75 Å². The molecule has 13 heavy (non-hydrogen) atoms. The summed E-state index contributed by atoms with van der Waals surface area (Å²) < 4.78 is 4.98. The van der Waals surface area contributed by atoms with Gasteiger partial charge in [0.25, 0.3) is 0 Å². The SMILES string of the molecule is COc1cc(C)nc(CC(=O)O)c1. The van der Waals surface area contributed by atoms with Gasteiger partial charge >= 0.3 is 5.97 Å². The van der Waals surface area contributed by atoms with Gasteiger partial charge in [-0.1, -0.05) is 0 Å². The number of rotatable bonds is 3. The minimum Gasteiger partial charge on any atom is -0.497 e. The van der Waals surface area contributed by atoms with E-state index in [1.54, 1.807) is 26.2 Å². The summed E-state index contributed by atoms with van der Waals surface area (Å²) in [5.41, 5.74) is 1.28. The molecule has 1 heterocycles. The maximum atomic E-state index is 10.4. The first kappa shape index (κ1) is 9.51.